The zero-order valence-corrected chi connectivity index (χ0v) is 38.4. The molecule has 0 bridgehead atoms. The van der Waals surface area contributed by atoms with Crippen molar-refractivity contribution in [2.75, 3.05) is 0 Å². The summed E-state index contributed by atoms with van der Waals surface area (Å²) in [6.07, 6.45) is 9.63. The largest absolute Gasteiger partial charge is 0.457 e. The number of fused-ring (bicyclic) bond motifs is 3. The Kier molecular flexibility index (Phi) is 10.3. The average molecular weight is 827 g/mol. The summed E-state index contributed by atoms with van der Waals surface area (Å²) in [5, 5.41) is 2.32. The predicted octanol–water partition coefficient (Wildman–Crippen LogP) is 14.1. The first-order valence-corrected chi connectivity index (χ1v) is 22.1. The lowest BCUT2D eigenvalue weighted by atomic mass is 9.77. The molecule has 5 nitrogen and oxygen atoms in total. The highest BCUT2D eigenvalue weighted by molar-refractivity contribution is 6.10. The van der Waals surface area contributed by atoms with E-state index in [-0.39, 0.29) is 21.7 Å². The van der Waals surface area contributed by atoms with E-state index in [0.29, 0.717) is 0 Å². The summed E-state index contributed by atoms with van der Waals surface area (Å²) in [4.78, 5) is 5.01. The van der Waals surface area contributed by atoms with E-state index < -0.39 is 0 Å². The van der Waals surface area contributed by atoms with Gasteiger partial charge in [0.1, 0.15) is 17.3 Å². The SMILES string of the molecule is CC(C)(C)c1cccc(-[n+]2[c-]n(-c3ccc(C(C)(C)c4ccccc4)c(Oc4ccc5c6cc(C(C)(C)c7ccccc7)ccc6n(-c6cc(C(C)(C)C)ccn6)c5c4)c3)cc2)c1. The van der Waals surface area contributed by atoms with E-state index >= 15 is 0 Å². The van der Waals surface area contributed by atoms with Gasteiger partial charge in [0, 0.05) is 51.8 Å². The zero-order valence-electron chi connectivity index (χ0n) is 38.4. The minimum absolute atomic E-state index is 0.0410. The van der Waals surface area contributed by atoms with Gasteiger partial charge in [-0.2, -0.15) is 0 Å². The lowest BCUT2D eigenvalue weighted by Crippen LogP contribution is -2.29. The number of benzene rings is 6. The van der Waals surface area contributed by atoms with Gasteiger partial charge >= 0.3 is 0 Å². The average Bonchev–Trinajstić information content (AvgIpc) is 3.90. The standard InChI is InChI=1S/C58H58N4O/c1-55(2,3)42-22-17-23-45(34-42)60-32-33-61(39-60)46-25-28-50(58(9,10)41-20-15-12-16-21-41)53(37-46)63-47-26-27-48-49-35-44(57(7,8)40-18-13-11-14-19-40)24-29-51(49)62(52(48)38-47)54-36-43(30-31-59-54)56(4,5)6/h11-38H,1-10H3. The maximum Gasteiger partial charge on any atom is 0.268 e. The van der Waals surface area contributed by atoms with Gasteiger partial charge in [-0.25, -0.2) is 4.98 Å². The van der Waals surface area contributed by atoms with E-state index in [1.807, 2.05) is 10.8 Å². The van der Waals surface area contributed by atoms with Crippen LogP contribution in [0.1, 0.15) is 103 Å². The van der Waals surface area contributed by atoms with Crippen LogP contribution in [0.15, 0.2) is 170 Å². The van der Waals surface area contributed by atoms with Gasteiger partial charge in [0.2, 0.25) is 0 Å². The Hall–Kier alpha value is -6.72. The number of hydrogen-bond donors (Lipinski definition) is 0. The summed E-state index contributed by atoms with van der Waals surface area (Å²) in [7, 11) is 0. The quantitative estimate of drug-likeness (QED) is 0.107. The van der Waals surface area contributed by atoms with Crippen LogP contribution in [0.5, 0.6) is 11.5 Å². The first-order chi connectivity index (χ1) is 30.0. The van der Waals surface area contributed by atoms with Crippen molar-refractivity contribution in [3.8, 4) is 28.7 Å². The van der Waals surface area contributed by atoms with E-state index in [1.54, 1.807) is 0 Å². The van der Waals surface area contributed by atoms with Crippen LogP contribution in [0, 0.1) is 6.33 Å². The molecule has 0 fully saturated rings. The molecule has 0 aliphatic carbocycles. The number of rotatable bonds is 9. The van der Waals surface area contributed by atoms with E-state index in [1.165, 1.54) is 33.2 Å². The lowest BCUT2D eigenvalue weighted by Gasteiger charge is -2.29. The van der Waals surface area contributed by atoms with Crippen molar-refractivity contribution in [2.24, 2.45) is 0 Å². The summed E-state index contributed by atoms with van der Waals surface area (Å²) in [6, 6.07) is 54.5. The molecule has 0 atom stereocenters. The molecule has 0 saturated heterocycles. The smallest absolute Gasteiger partial charge is 0.268 e. The molecule has 0 spiro atoms. The fourth-order valence-electron chi connectivity index (χ4n) is 8.85. The molecule has 9 aromatic rings. The van der Waals surface area contributed by atoms with Crippen molar-refractivity contribution in [2.45, 2.75) is 90.9 Å². The Morgan fingerprint density at radius 2 is 1.19 bits per heavy atom. The number of nitrogens with zero attached hydrogens (tertiary/aromatic N) is 4. The third kappa shape index (κ3) is 7.86. The van der Waals surface area contributed by atoms with Crippen LogP contribution in [-0.4, -0.2) is 14.1 Å². The van der Waals surface area contributed by atoms with Crippen LogP contribution in [-0.2, 0) is 21.7 Å². The van der Waals surface area contributed by atoms with Gasteiger partial charge in [-0.3, -0.25) is 13.7 Å². The Bertz CT molecular complexity index is 3100. The number of pyridine rings is 1. The van der Waals surface area contributed by atoms with Gasteiger partial charge in [-0.15, -0.1) is 0 Å². The molecule has 6 aromatic carbocycles. The molecule has 9 rings (SSSR count). The molecule has 0 radical (unpaired) electrons. The minimum Gasteiger partial charge on any atom is -0.457 e. The number of hydrogen-bond acceptors (Lipinski definition) is 2. The van der Waals surface area contributed by atoms with Crippen LogP contribution in [0.3, 0.4) is 0 Å². The summed E-state index contributed by atoms with van der Waals surface area (Å²) in [5.41, 5.74) is 10.9. The van der Waals surface area contributed by atoms with Crippen LogP contribution in [0.2, 0.25) is 0 Å². The van der Waals surface area contributed by atoms with Gasteiger partial charge in [-0.05, 0) is 99.3 Å². The highest BCUT2D eigenvalue weighted by Gasteiger charge is 2.29. The maximum absolute atomic E-state index is 7.17. The molecule has 5 heteroatoms. The Morgan fingerprint density at radius 1 is 0.524 bits per heavy atom. The Labute approximate surface area is 373 Å². The van der Waals surface area contributed by atoms with Crippen molar-refractivity contribution < 1.29 is 9.30 Å². The van der Waals surface area contributed by atoms with Gasteiger partial charge in [0.15, 0.2) is 0 Å². The molecule has 3 aromatic heterocycles. The highest BCUT2D eigenvalue weighted by Crippen LogP contribution is 2.43. The molecule has 3 heterocycles. The molecular weight excluding hydrogens is 769 g/mol. The molecule has 316 valence electrons. The zero-order chi connectivity index (χ0) is 44.3. The third-order valence-electron chi connectivity index (χ3n) is 13.0. The van der Waals surface area contributed by atoms with Crippen molar-refractivity contribution in [3.63, 3.8) is 0 Å². The monoisotopic (exact) mass is 826 g/mol. The van der Waals surface area contributed by atoms with Crippen molar-refractivity contribution in [1.29, 1.82) is 0 Å². The molecule has 0 amide bonds. The molecular formula is C58H58N4O. The van der Waals surface area contributed by atoms with E-state index in [2.05, 4.69) is 249 Å². The summed E-state index contributed by atoms with van der Waals surface area (Å²) >= 11 is 0. The van der Waals surface area contributed by atoms with Gasteiger partial charge in [0.25, 0.3) is 6.33 Å². The topological polar surface area (TPSA) is 35.9 Å². The summed E-state index contributed by atoms with van der Waals surface area (Å²) < 4.78 is 13.6. The third-order valence-corrected chi connectivity index (χ3v) is 13.0. The van der Waals surface area contributed by atoms with Gasteiger partial charge in [-0.1, -0.05) is 154 Å². The second-order valence-corrected chi connectivity index (χ2v) is 20.1. The van der Waals surface area contributed by atoms with Gasteiger partial charge < -0.3 is 4.74 Å². The second-order valence-electron chi connectivity index (χ2n) is 20.1. The fraction of sp³-hybridized carbons (Fsp3) is 0.241. The van der Waals surface area contributed by atoms with E-state index in [9.17, 15) is 0 Å². The summed E-state index contributed by atoms with van der Waals surface area (Å²) in [5.74, 6) is 2.41. The van der Waals surface area contributed by atoms with Crippen molar-refractivity contribution in [1.82, 2.24) is 14.1 Å². The molecule has 63 heavy (non-hydrogen) atoms. The van der Waals surface area contributed by atoms with Crippen LogP contribution in [0.25, 0.3) is 39.0 Å². The van der Waals surface area contributed by atoms with Crippen LogP contribution < -0.4 is 9.30 Å². The lowest BCUT2D eigenvalue weighted by molar-refractivity contribution is -0.599. The van der Waals surface area contributed by atoms with Crippen LogP contribution in [0.4, 0.5) is 0 Å². The summed E-state index contributed by atoms with van der Waals surface area (Å²) in [6.45, 7) is 22.6. The van der Waals surface area contributed by atoms with Crippen molar-refractivity contribution in [3.05, 3.63) is 210 Å². The molecule has 0 aliphatic heterocycles. The van der Waals surface area contributed by atoms with E-state index in [0.717, 1.165) is 50.7 Å². The first kappa shape index (κ1) is 41.6. The number of aromatic nitrogens is 4. The number of imidazole rings is 1. The normalized spacial score (nSPS) is 12.6. The molecule has 0 unspecified atom stereocenters. The fourth-order valence-corrected chi connectivity index (χ4v) is 8.85. The van der Waals surface area contributed by atoms with Crippen LogP contribution >= 0.6 is 0 Å². The minimum atomic E-state index is -0.360. The first-order valence-electron chi connectivity index (χ1n) is 22.1. The van der Waals surface area contributed by atoms with Crippen molar-refractivity contribution >= 4 is 21.8 Å². The molecule has 0 saturated carbocycles. The molecule has 0 N–H and O–H groups in total. The maximum atomic E-state index is 7.17. The molecule has 0 aliphatic rings. The van der Waals surface area contributed by atoms with Gasteiger partial charge in [0.05, 0.1) is 22.4 Å². The Balaban J connectivity index is 1.19. The second kappa shape index (κ2) is 15.6. The van der Waals surface area contributed by atoms with E-state index in [4.69, 9.17) is 9.72 Å². The predicted molar refractivity (Wildman–Crippen MR) is 259 cm³/mol. The Morgan fingerprint density at radius 3 is 1.89 bits per heavy atom. The number of ether oxygens (including phenoxy) is 1. The highest BCUT2D eigenvalue weighted by atomic mass is 16.5.